The first-order valence-electron chi connectivity index (χ1n) is 6.35. The van der Waals surface area contributed by atoms with E-state index in [1.54, 1.807) is 0 Å². The van der Waals surface area contributed by atoms with E-state index in [4.69, 9.17) is 5.11 Å². The maximum atomic E-state index is 12.5. The molecule has 19 heavy (non-hydrogen) atoms. The molecule has 2 N–H and O–H groups in total. The van der Waals surface area contributed by atoms with Crippen molar-refractivity contribution < 1.29 is 13.5 Å². The highest BCUT2D eigenvalue weighted by molar-refractivity contribution is 7.89. The van der Waals surface area contributed by atoms with Gasteiger partial charge in [0, 0.05) is 18.8 Å². The summed E-state index contributed by atoms with van der Waals surface area (Å²) in [6.45, 7) is 1.69. The van der Waals surface area contributed by atoms with Crippen molar-refractivity contribution in [3.8, 4) is 0 Å². The van der Waals surface area contributed by atoms with Gasteiger partial charge in [-0.3, -0.25) is 5.10 Å². The first kappa shape index (κ1) is 14.4. The number of likely N-dealkylation sites (tertiary alicyclic amines) is 1. The van der Waals surface area contributed by atoms with Gasteiger partial charge in [0.1, 0.15) is 4.90 Å². The Morgan fingerprint density at radius 3 is 2.74 bits per heavy atom. The predicted octanol–water partition coefficient (Wildman–Crippen LogP) is -0.513. The zero-order valence-corrected chi connectivity index (χ0v) is 11.8. The number of H-pyrrole nitrogens is 1. The molecule has 2 heterocycles. The van der Waals surface area contributed by atoms with Crippen LogP contribution in [0.25, 0.3) is 0 Å². The van der Waals surface area contributed by atoms with Crippen LogP contribution in [0.4, 0.5) is 0 Å². The largest absolute Gasteiger partial charge is 0.395 e. The summed E-state index contributed by atoms with van der Waals surface area (Å²) in [4.78, 5) is 2.33. The smallest absolute Gasteiger partial charge is 0.246 e. The molecular formula is C11H20N4O3S. The van der Waals surface area contributed by atoms with Crippen LogP contribution in [0.3, 0.4) is 0 Å². The Hall–Kier alpha value is -0.960. The number of hydrogen-bond acceptors (Lipinski definition) is 5. The first-order chi connectivity index (χ1) is 9.05. The van der Waals surface area contributed by atoms with Gasteiger partial charge in [0.2, 0.25) is 10.0 Å². The number of aliphatic hydroxyl groups excluding tert-OH is 1. The van der Waals surface area contributed by atoms with Crippen molar-refractivity contribution in [2.24, 2.45) is 0 Å². The lowest BCUT2D eigenvalue weighted by molar-refractivity contribution is 0.161. The SMILES string of the molecule is CN1CCC(N(CCO)S(=O)(=O)c2cn[nH]c2)CC1. The zero-order chi connectivity index (χ0) is 13.9. The fourth-order valence-electron chi connectivity index (χ4n) is 2.40. The fraction of sp³-hybridized carbons (Fsp3) is 0.727. The van der Waals surface area contributed by atoms with Crippen LogP contribution in [0.2, 0.25) is 0 Å². The second-order valence-electron chi connectivity index (χ2n) is 4.81. The van der Waals surface area contributed by atoms with Crippen LogP contribution in [0, 0.1) is 0 Å². The lowest BCUT2D eigenvalue weighted by Gasteiger charge is -2.35. The molecule has 0 saturated carbocycles. The average Bonchev–Trinajstić information content (AvgIpc) is 2.92. The number of nitrogens with zero attached hydrogens (tertiary/aromatic N) is 3. The molecule has 1 aliphatic rings. The lowest BCUT2D eigenvalue weighted by Crippen LogP contribution is -2.47. The minimum Gasteiger partial charge on any atom is -0.395 e. The molecular weight excluding hydrogens is 268 g/mol. The topological polar surface area (TPSA) is 89.5 Å². The summed E-state index contributed by atoms with van der Waals surface area (Å²) in [6, 6.07) is -0.0525. The van der Waals surface area contributed by atoms with E-state index in [-0.39, 0.29) is 24.1 Å². The predicted molar refractivity (Wildman–Crippen MR) is 70.1 cm³/mol. The minimum atomic E-state index is -3.58. The summed E-state index contributed by atoms with van der Waals surface area (Å²) >= 11 is 0. The van der Waals surface area contributed by atoms with Crippen molar-refractivity contribution in [2.45, 2.75) is 23.8 Å². The molecule has 1 fully saturated rings. The summed E-state index contributed by atoms with van der Waals surface area (Å²) in [7, 11) is -1.55. The van der Waals surface area contributed by atoms with E-state index in [0.717, 1.165) is 25.9 Å². The second kappa shape index (κ2) is 6.00. The van der Waals surface area contributed by atoms with Crippen molar-refractivity contribution in [3.63, 3.8) is 0 Å². The molecule has 108 valence electrons. The van der Waals surface area contributed by atoms with Crippen LogP contribution in [-0.2, 0) is 10.0 Å². The number of aromatic nitrogens is 2. The van der Waals surface area contributed by atoms with Gasteiger partial charge in [-0.15, -0.1) is 0 Å². The van der Waals surface area contributed by atoms with E-state index in [9.17, 15) is 8.42 Å². The highest BCUT2D eigenvalue weighted by Gasteiger charge is 2.33. The Labute approximate surface area is 113 Å². The summed E-state index contributed by atoms with van der Waals surface area (Å²) in [5.74, 6) is 0. The zero-order valence-electron chi connectivity index (χ0n) is 11.0. The van der Waals surface area contributed by atoms with E-state index in [1.165, 1.54) is 16.7 Å². The normalized spacial score (nSPS) is 19.1. The highest BCUT2D eigenvalue weighted by Crippen LogP contribution is 2.22. The number of nitrogens with one attached hydrogen (secondary N) is 1. The van der Waals surface area contributed by atoms with Crippen LogP contribution in [0.15, 0.2) is 17.3 Å². The molecule has 7 nitrogen and oxygen atoms in total. The third-order valence-electron chi connectivity index (χ3n) is 3.50. The lowest BCUT2D eigenvalue weighted by atomic mass is 10.1. The third-order valence-corrected chi connectivity index (χ3v) is 5.41. The highest BCUT2D eigenvalue weighted by atomic mass is 32.2. The van der Waals surface area contributed by atoms with E-state index >= 15 is 0 Å². The molecule has 1 aromatic heterocycles. The molecule has 0 spiro atoms. The second-order valence-corrected chi connectivity index (χ2v) is 6.70. The van der Waals surface area contributed by atoms with Crippen LogP contribution in [-0.4, -0.2) is 72.3 Å². The molecule has 2 rings (SSSR count). The number of hydrogen-bond donors (Lipinski definition) is 2. The quantitative estimate of drug-likeness (QED) is 0.761. The number of rotatable bonds is 5. The number of sulfonamides is 1. The molecule has 1 aliphatic heterocycles. The summed E-state index contributed by atoms with van der Waals surface area (Å²) in [5, 5.41) is 15.3. The van der Waals surface area contributed by atoms with E-state index in [0.29, 0.717) is 0 Å². The van der Waals surface area contributed by atoms with Crippen molar-refractivity contribution >= 4 is 10.0 Å². The van der Waals surface area contributed by atoms with Crippen LogP contribution >= 0.6 is 0 Å². The monoisotopic (exact) mass is 288 g/mol. The van der Waals surface area contributed by atoms with Gasteiger partial charge in [0.25, 0.3) is 0 Å². The van der Waals surface area contributed by atoms with Crippen molar-refractivity contribution in [3.05, 3.63) is 12.4 Å². The summed E-state index contributed by atoms with van der Waals surface area (Å²) in [6.07, 6.45) is 4.24. The van der Waals surface area contributed by atoms with Crippen molar-refractivity contribution in [1.82, 2.24) is 19.4 Å². The minimum absolute atomic E-state index is 0.0525. The average molecular weight is 288 g/mol. The van der Waals surface area contributed by atoms with Gasteiger partial charge in [0.05, 0.1) is 12.8 Å². The standard InChI is InChI=1S/C11H20N4O3S/c1-14-4-2-10(3-5-14)15(6-7-16)19(17,18)11-8-12-13-9-11/h8-10,16H,2-7H2,1H3,(H,12,13). The molecule has 8 heteroatoms. The molecule has 0 unspecified atom stereocenters. The molecule has 0 aromatic carbocycles. The number of aromatic amines is 1. The van der Waals surface area contributed by atoms with Gasteiger partial charge in [-0.05, 0) is 33.0 Å². The molecule has 0 atom stereocenters. The van der Waals surface area contributed by atoms with E-state index in [1.807, 2.05) is 7.05 Å². The van der Waals surface area contributed by atoms with Gasteiger partial charge in [-0.2, -0.15) is 9.40 Å². The molecule has 0 bridgehead atoms. The Morgan fingerprint density at radius 1 is 1.53 bits per heavy atom. The van der Waals surface area contributed by atoms with E-state index < -0.39 is 10.0 Å². The fourth-order valence-corrected chi connectivity index (χ4v) is 3.98. The summed E-state index contributed by atoms with van der Waals surface area (Å²) < 4.78 is 26.4. The van der Waals surface area contributed by atoms with Crippen molar-refractivity contribution in [2.75, 3.05) is 33.3 Å². The third kappa shape index (κ3) is 3.14. The summed E-state index contributed by atoms with van der Waals surface area (Å²) in [5.41, 5.74) is 0. The molecule has 1 aromatic rings. The molecule has 1 saturated heterocycles. The molecule has 0 radical (unpaired) electrons. The maximum Gasteiger partial charge on any atom is 0.246 e. The Bertz CT molecular complexity index is 480. The Kier molecular flexibility index (Phi) is 4.56. The van der Waals surface area contributed by atoms with Gasteiger partial charge in [-0.1, -0.05) is 0 Å². The first-order valence-corrected chi connectivity index (χ1v) is 7.79. The van der Waals surface area contributed by atoms with Gasteiger partial charge in [0.15, 0.2) is 0 Å². The van der Waals surface area contributed by atoms with Crippen molar-refractivity contribution in [1.29, 1.82) is 0 Å². The Morgan fingerprint density at radius 2 is 2.21 bits per heavy atom. The number of piperidine rings is 1. The number of aliphatic hydroxyl groups is 1. The van der Waals surface area contributed by atoms with Gasteiger partial charge >= 0.3 is 0 Å². The molecule has 0 aliphatic carbocycles. The molecule has 0 amide bonds. The Balaban J connectivity index is 2.20. The van der Waals surface area contributed by atoms with Gasteiger partial charge in [-0.25, -0.2) is 8.42 Å². The van der Waals surface area contributed by atoms with Crippen LogP contribution < -0.4 is 0 Å². The van der Waals surface area contributed by atoms with Gasteiger partial charge < -0.3 is 10.0 Å². The van der Waals surface area contributed by atoms with Crippen LogP contribution in [0.5, 0.6) is 0 Å². The van der Waals surface area contributed by atoms with Crippen LogP contribution in [0.1, 0.15) is 12.8 Å². The maximum absolute atomic E-state index is 12.5. The van der Waals surface area contributed by atoms with E-state index in [2.05, 4.69) is 15.1 Å².